The number of nitrogens with two attached hydrogens (primary N) is 1. The molecule has 0 aromatic heterocycles. The lowest BCUT2D eigenvalue weighted by atomic mass is 9.92. The van der Waals surface area contributed by atoms with Crippen molar-refractivity contribution in [2.45, 2.75) is 58.0 Å². The Bertz CT molecular complexity index is 317. The van der Waals surface area contributed by atoms with Gasteiger partial charge in [0.05, 0.1) is 13.2 Å². The van der Waals surface area contributed by atoms with Gasteiger partial charge in [-0.05, 0) is 38.5 Å². The molecule has 0 aromatic carbocycles. The summed E-state index contributed by atoms with van der Waals surface area (Å²) in [6.07, 6.45) is 4.14. The molecule has 0 heterocycles. The van der Waals surface area contributed by atoms with E-state index >= 15 is 0 Å². The van der Waals surface area contributed by atoms with E-state index in [9.17, 15) is 4.79 Å². The fourth-order valence-corrected chi connectivity index (χ4v) is 2.96. The predicted octanol–water partition coefficient (Wildman–Crippen LogP) is 1.79. The lowest BCUT2D eigenvalue weighted by Gasteiger charge is -2.37. The highest BCUT2D eigenvalue weighted by Gasteiger charge is 2.50. The van der Waals surface area contributed by atoms with Crippen LogP contribution in [0.15, 0.2) is 0 Å². The molecule has 1 aliphatic carbocycles. The van der Waals surface area contributed by atoms with Crippen molar-refractivity contribution in [3.05, 3.63) is 0 Å². The third-order valence-corrected chi connectivity index (χ3v) is 4.47. The third kappa shape index (κ3) is 4.94. The maximum absolute atomic E-state index is 12.3. The number of rotatable bonds is 11. The number of esters is 1. The van der Waals surface area contributed by atoms with Crippen LogP contribution in [0.1, 0.15) is 46.5 Å². The van der Waals surface area contributed by atoms with Crippen LogP contribution in [0.4, 0.5) is 0 Å². The third-order valence-electron chi connectivity index (χ3n) is 4.47. The Balaban J connectivity index is 2.82. The fourth-order valence-electron chi connectivity index (χ4n) is 2.96. The van der Waals surface area contributed by atoms with Crippen LogP contribution in [0.5, 0.6) is 0 Å². The topological polar surface area (TPSA) is 64.8 Å². The maximum atomic E-state index is 12.3. The smallest absolute Gasteiger partial charge is 0.327 e. The Hall–Kier alpha value is -0.650. The van der Waals surface area contributed by atoms with Gasteiger partial charge in [-0.25, -0.2) is 4.79 Å². The summed E-state index contributed by atoms with van der Waals surface area (Å²) in [5.74, 6) is 0.0110. The van der Waals surface area contributed by atoms with Crippen LogP contribution in [0.3, 0.4) is 0 Å². The van der Waals surface area contributed by atoms with E-state index in [1.807, 2.05) is 6.92 Å². The molecular formula is C16H32N2O3. The molecule has 5 nitrogen and oxygen atoms in total. The summed E-state index contributed by atoms with van der Waals surface area (Å²) in [7, 11) is 1.70. The van der Waals surface area contributed by atoms with E-state index in [-0.39, 0.29) is 11.9 Å². The van der Waals surface area contributed by atoms with Crippen molar-refractivity contribution < 1.29 is 14.3 Å². The zero-order valence-electron chi connectivity index (χ0n) is 14.1. The summed E-state index contributed by atoms with van der Waals surface area (Å²) in [6.45, 7) is 8.57. The van der Waals surface area contributed by atoms with Gasteiger partial charge in [-0.3, -0.25) is 4.90 Å². The van der Waals surface area contributed by atoms with Crippen LogP contribution in [0, 0.1) is 5.92 Å². The average Bonchev–Trinajstić information content (AvgIpc) is 3.30. The average molecular weight is 300 g/mol. The Kier molecular flexibility index (Phi) is 7.63. The first-order chi connectivity index (χ1) is 10.0. The molecule has 1 saturated carbocycles. The van der Waals surface area contributed by atoms with Crippen molar-refractivity contribution >= 4 is 5.97 Å². The molecule has 1 atom stereocenters. The number of carbonyl (C=O) groups is 1. The molecule has 21 heavy (non-hydrogen) atoms. The number of hydrogen-bond donors (Lipinski definition) is 1. The van der Waals surface area contributed by atoms with E-state index in [4.69, 9.17) is 15.2 Å². The number of nitrogens with zero attached hydrogens (tertiary/aromatic N) is 1. The van der Waals surface area contributed by atoms with Crippen molar-refractivity contribution in [1.82, 2.24) is 4.90 Å². The molecule has 1 rings (SSSR count). The lowest BCUT2D eigenvalue weighted by molar-refractivity contribution is -0.152. The number of methoxy groups -OCH3 is 1. The molecule has 1 aliphatic rings. The minimum atomic E-state index is -0.869. The first kappa shape index (κ1) is 18.4. The predicted molar refractivity (Wildman–Crippen MR) is 84.1 cm³/mol. The van der Waals surface area contributed by atoms with Crippen molar-refractivity contribution in [2.75, 3.05) is 33.4 Å². The van der Waals surface area contributed by atoms with Crippen LogP contribution in [-0.2, 0) is 14.3 Å². The van der Waals surface area contributed by atoms with Gasteiger partial charge < -0.3 is 15.2 Å². The molecule has 1 fully saturated rings. The van der Waals surface area contributed by atoms with Crippen LogP contribution in [-0.4, -0.2) is 55.9 Å². The van der Waals surface area contributed by atoms with Crippen molar-refractivity contribution in [2.24, 2.45) is 11.7 Å². The summed E-state index contributed by atoms with van der Waals surface area (Å²) in [4.78, 5) is 14.7. The molecule has 5 heteroatoms. The molecule has 1 unspecified atom stereocenters. The Morgan fingerprint density at radius 1 is 1.33 bits per heavy atom. The molecule has 0 amide bonds. The number of carbonyl (C=O) groups excluding carboxylic acids is 1. The van der Waals surface area contributed by atoms with Crippen molar-refractivity contribution in [3.63, 3.8) is 0 Å². The van der Waals surface area contributed by atoms with Crippen LogP contribution >= 0.6 is 0 Å². The zero-order valence-corrected chi connectivity index (χ0v) is 14.1. The molecule has 0 aromatic rings. The molecule has 0 spiro atoms. The number of ether oxygens (including phenoxy) is 2. The van der Waals surface area contributed by atoms with Gasteiger partial charge in [0.2, 0.25) is 0 Å². The second-order valence-corrected chi connectivity index (χ2v) is 5.97. The van der Waals surface area contributed by atoms with Crippen LogP contribution in [0.25, 0.3) is 0 Å². The number of hydrogen-bond acceptors (Lipinski definition) is 5. The monoisotopic (exact) mass is 300 g/mol. The van der Waals surface area contributed by atoms with Gasteiger partial charge >= 0.3 is 5.97 Å². The largest absolute Gasteiger partial charge is 0.465 e. The first-order valence-corrected chi connectivity index (χ1v) is 8.22. The molecule has 124 valence electrons. The molecular weight excluding hydrogens is 268 g/mol. The Morgan fingerprint density at radius 2 is 1.95 bits per heavy atom. The highest BCUT2D eigenvalue weighted by Crippen LogP contribution is 2.40. The molecule has 0 aliphatic heterocycles. The molecule has 0 bridgehead atoms. The van der Waals surface area contributed by atoms with Gasteiger partial charge in [0.15, 0.2) is 0 Å². The van der Waals surface area contributed by atoms with Crippen LogP contribution < -0.4 is 5.73 Å². The van der Waals surface area contributed by atoms with E-state index in [0.29, 0.717) is 25.8 Å². The minimum absolute atomic E-state index is 0.249. The van der Waals surface area contributed by atoms with Crippen molar-refractivity contribution in [1.29, 1.82) is 0 Å². The highest BCUT2D eigenvalue weighted by molar-refractivity contribution is 5.82. The summed E-state index contributed by atoms with van der Waals surface area (Å²) in [5.41, 5.74) is 5.63. The summed E-state index contributed by atoms with van der Waals surface area (Å²) < 4.78 is 10.5. The van der Waals surface area contributed by atoms with Gasteiger partial charge in [-0.1, -0.05) is 13.8 Å². The summed E-state index contributed by atoms with van der Waals surface area (Å²) >= 11 is 0. The van der Waals surface area contributed by atoms with Gasteiger partial charge in [-0.2, -0.15) is 0 Å². The highest BCUT2D eigenvalue weighted by atomic mass is 16.5. The van der Waals surface area contributed by atoms with Gasteiger partial charge in [0, 0.05) is 26.2 Å². The molecule has 0 radical (unpaired) electrons. The standard InChI is InChI=1S/C16H32N2O3/c1-5-14(6-2)18(10-11-20-4)12-16(17,13-8-9-13)15(19)21-7-3/h13-14H,5-12,17H2,1-4H3. The van der Waals surface area contributed by atoms with Gasteiger partial charge in [0.1, 0.15) is 5.54 Å². The van der Waals surface area contributed by atoms with Crippen molar-refractivity contribution in [3.8, 4) is 0 Å². The zero-order chi connectivity index (χ0) is 15.9. The van der Waals surface area contributed by atoms with Crippen LogP contribution in [0.2, 0.25) is 0 Å². The maximum Gasteiger partial charge on any atom is 0.327 e. The van der Waals surface area contributed by atoms with E-state index in [2.05, 4.69) is 18.7 Å². The van der Waals surface area contributed by atoms with E-state index in [0.717, 1.165) is 32.2 Å². The molecule has 0 saturated heterocycles. The van der Waals surface area contributed by atoms with E-state index in [1.165, 1.54) is 0 Å². The second kappa shape index (κ2) is 8.71. The normalized spacial score (nSPS) is 18.0. The SMILES string of the molecule is CCOC(=O)C(N)(CN(CCOC)C(CC)CC)C1CC1. The Morgan fingerprint density at radius 3 is 2.38 bits per heavy atom. The quantitative estimate of drug-likeness (QED) is 0.589. The van der Waals surface area contributed by atoms with Gasteiger partial charge in [-0.15, -0.1) is 0 Å². The fraction of sp³-hybridized carbons (Fsp3) is 0.938. The minimum Gasteiger partial charge on any atom is -0.465 e. The van der Waals surface area contributed by atoms with E-state index < -0.39 is 5.54 Å². The summed E-state index contributed by atoms with van der Waals surface area (Å²) in [5, 5.41) is 0. The summed E-state index contributed by atoms with van der Waals surface area (Å²) in [6, 6.07) is 0.427. The van der Waals surface area contributed by atoms with E-state index in [1.54, 1.807) is 7.11 Å². The lowest BCUT2D eigenvalue weighted by Crippen LogP contribution is -2.60. The molecule has 2 N–H and O–H groups in total. The van der Waals surface area contributed by atoms with Gasteiger partial charge in [0.25, 0.3) is 0 Å². The Labute approximate surface area is 129 Å². The first-order valence-electron chi connectivity index (χ1n) is 8.22. The second-order valence-electron chi connectivity index (χ2n) is 5.97.